The molecule has 0 aliphatic heterocycles. The number of nitrogens with zero attached hydrogens (tertiary/aromatic N) is 2. The van der Waals surface area contributed by atoms with E-state index in [0.29, 0.717) is 17.4 Å². The fourth-order valence-corrected chi connectivity index (χ4v) is 1.75. The molecular weight excluding hydrogens is 207 g/mol. The van der Waals surface area contributed by atoms with Gasteiger partial charge in [0.05, 0.1) is 11.9 Å². The van der Waals surface area contributed by atoms with Crippen molar-refractivity contribution in [3.05, 3.63) is 17.5 Å². The average Bonchev–Trinajstić information content (AvgIpc) is 2.60. The molecule has 0 bridgehead atoms. The van der Waals surface area contributed by atoms with E-state index in [0.717, 1.165) is 12.1 Å². The summed E-state index contributed by atoms with van der Waals surface area (Å²) in [7, 11) is 1.80. The van der Waals surface area contributed by atoms with E-state index in [1.54, 1.807) is 11.7 Å². The third-order valence-corrected chi connectivity index (χ3v) is 2.68. The molecule has 4 nitrogen and oxygen atoms in total. The van der Waals surface area contributed by atoms with Gasteiger partial charge in [-0.3, -0.25) is 4.68 Å². The molecule has 1 N–H and O–H groups in total. The molecule has 0 amide bonds. The van der Waals surface area contributed by atoms with Crippen LogP contribution in [-0.2, 0) is 7.05 Å². The summed E-state index contributed by atoms with van der Waals surface area (Å²) in [5.74, 6) is 0.134. The zero-order valence-corrected chi connectivity index (χ0v) is 7.69. The average molecular weight is 220 g/mol. The SMILES string of the molecule is CC1CC1c1c(C(=O)O)cnn1C.[KH]. The summed E-state index contributed by atoms with van der Waals surface area (Å²) in [6, 6.07) is 0. The van der Waals surface area contributed by atoms with Crippen LogP contribution in [0.3, 0.4) is 0 Å². The maximum atomic E-state index is 10.8. The molecule has 0 saturated heterocycles. The van der Waals surface area contributed by atoms with Crippen molar-refractivity contribution in [2.24, 2.45) is 13.0 Å². The van der Waals surface area contributed by atoms with Crippen molar-refractivity contribution in [3.8, 4) is 0 Å². The summed E-state index contributed by atoms with van der Waals surface area (Å²) < 4.78 is 1.68. The summed E-state index contributed by atoms with van der Waals surface area (Å²) in [4.78, 5) is 10.8. The Morgan fingerprint density at radius 1 is 1.71 bits per heavy atom. The third kappa shape index (κ3) is 2.11. The summed E-state index contributed by atoms with van der Waals surface area (Å²) >= 11 is 0. The molecule has 5 heteroatoms. The number of aromatic carboxylic acids is 1. The molecule has 2 unspecified atom stereocenters. The first kappa shape index (κ1) is 12.4. The number of carboxylic acid groups (broad SMARTS) is 1. The van der Waals surface area contributed by atoms with Gasteiger partial charge in [-0.1, -0.05) is 6.92 Å². The van der Waals surface area contributed by atoms with Crippen molar-refractivity contribution >= 4 is 57.4 Å². The first-order valence-electron chi connectivity index (χ1n) is 4.36. The monoisotopic (exact) mass is 220 g/mol. The van der Waals surface area contributed by atoms with E-state index in [4.69, 9.17) is 5.11 Å². The van der Waals surface area contributed by atoms with Gasteiger partial charge in [-0.2, -0.15) is 5.10 Å². The predicted octanol–water partition coefficient (Wildman–Crippen LogP) is 0.593. The third-order valence-electron chi connectivity index (χ3n) is 2.68. The van der Waals surface area contributed by atoms with Crippen molar-refractivity contribution in [3.63, 3.8) is 0 Å². The van der Waals surface area contributed by atoms with E-state index in [-0.39, 0.29) is 51.4 Å². The molecule has 0 radical (unpaired) electrons. The molecule has 1 aromatic rings. The Labute approximate surface area is 125 Å². The van der Waals surface area contributed by atoms with Crippen LogP contribution >= 0.6 is 0 Å². The van der Waals surface area contributed by atoms with Gasteiger partial charge in [0.25, 0.3) is 0 Å². The zero-order chi connectivity index (χ0) is 9.59. The molecule has 1 heterocycles. The van der Waals surface area contributed by atoms with Crippen molar-refractivity contribution in [1.29, 1.82) is 0 Å². The first-order valence-corrected chi connectivity index (χ1v) is 4.36. The van der Waals surface area contributed by atoms with E-state index in [1.807, 2.05) is 0 Å². The molecule has 1 aromatic heterocycles. The van der Waals surface area contributed by atoms with Crippen LogP contribution in [-0.4, -0.2) is 72.2 Å². The van der Waals surface area contributed by atoms with Crippen LogP contribution in [0.1, 0.15) is 35.3 Å². The van der Waals surface area contributed by atoms with Gasteiger partial charge in [0.15, 0.2) is 0 Å². The van der Waals surface area contributed by atoms with Crippen LogP contribution in [0, 0.1) is 5.92 Å². The Balaban J connectivity index is 0.000000980. The Bertz CT molecular complexity index is 362. The molecule has 14 heavy (non-hydrogen) atoms. The first-order chi connectivity index (χ1) is 6.11. The second-order valence-electron chi connectivity index (χ2n) is 3.69. The van der Waals surface area contributed by atoms with Crippen LogP contribution < -0.4 is 0 Å². The quantitative estimate of drug-likeness (QED) is 0.742. The minimum absolute atomic E-state index is 0. The normalized spacial score (nSPS) is 24.1. The van der Waals surface area contributed by atoms with Crippen LogP contribution in [0.2, 0.25) is 0 Å². The molecule has 0 spiro atoms. The van der Waals surface area contributed by atoms with E-state index in [1.165, 1.54) is 6.20 Å². The van der Waals surface area contributed by atoms with E-state index in [2.05, 4.69) is 12.0 Å². The van der Waals surface area contributed by atoms with Crippen LogP contribution in [0.4, 0.5) is 0 Å². The van der Waals surface area contributed by atoms with Gasteiger partial charge in [0.1, 0.15) is 5.56 Å². The second-order valence-corrected chi connectivity index (χ2v) is 3.69. The Morgan fingerprint density at radius 2 is 2.29 bits per heavy atom. The van der Waals surface area contributed by atoms with E-state index in [9.17, 15) is 4.79 Å². The number of rotatable bonds is 2. The second kappa shape index (κ2) is 4.45. The van der Waals surface area contributed by atoms with Gasteiger partial charge in [-0.25, -0.2) is 4.79 Å². The van der Waals surface area contributed by atoms with Gasteiger partial charge in [-0.05, 0) is 12.3 Å². The van der Waals surface area contributed by atoms with Crippen LogP contribution in [0.15, 0.2) is 6.20 Å². The molecule has 1 aliphatic rings. The molecule has 2 rings (SSSR count). The standard InChI is InChI=1S/C9H12N2O2.K.H/c1-5-3-6(5)8-7(9(12)13)4-10-11(8)2;;/h4-6H,3H2,1-2H3,(H,12,13);;. The topological polar surface area (TPSA) is 55.1 Å². The molecule has 0 aromatic carbocycles. The van der Waals surface area contributed by atoms with E-state index >= 15 is 0 Å². The molecule has 72 valence electrons. The van der Waals surface area contributed by atoms with Crippen molar-refractivity contribution in [2.45, 2.75) is 19.3 Å². The van der Waals surface area contributed by atoms with Gasteiger partial charge < -0.3 is 5.11 Å². The van der Waals surface area contributed by atoms with Gasteiger partial charge in [0.2, 0.25) is 0 Å². The number of aromatic nitrogens is 2. The number of carbonyl (C=O) groups is 1. The van der Waals surface area contributed by atoms with Crippen LogP contribution in [0.5, 0.6) is 0 Å². The fraction of sp³-hybridized carbons (Fsp3) is 0.556. The van der Waals surface area contributed by atoms with Gasteiger partial charge in [-0.15, -0.1) is 0 Å². The summed E-state index contributed by atoms with van der Waals surface area (Å²) in [6.45, 7) is 2.13. The zero-order valence-electron chi connectivity index (χ0n) is 7.69. The number of hydrogen-bond acceptors (Lipinski definition) is 2. The van der Waals surface area contributed by atoms with Gasteiger partial charge in [0, 0.05) is 13.0 Å². The fourth-order valence-electron chi connectivity index (χ4n) is 1.75. The summed E-state index contributed by atoms with van der Waals surface area (Å²) in [6.07, 6.45) is 2.52. The predicted molar refractivity (Wildman–Crippen MR) is 53.8 cm³/mol. The number of carboxylic acids is 1. The minimum atomic E-state index is -0.873. The van der Waals surface area contributed by atoms with E-state index < -0.39 is 5.97 Å². The molecule has 2 atom stereocenters. The molecule has 1 saturated carbocycles. The summed E-state index contributed by atoms with van der Waals surface area (Å²) in [5.41, 5.74) is 1.23. The maximum absolute atomic E-state index is 10.8. The summed E-state index contributed by atoms with van der Waals surface area (Å²) in [5, 5.41) is 12.9. The van der Waals surface area contributed by atoms with Crippen LogP contribution in [0.25, 0.3) is 0 Å². The van der Waals surface area contributed by atoms with Crippen molar-refractivity contribution < 1.29 is 9.90 Å². The van der Waals surface area contributed by atoms with Crippen molar-refractivity contribution in [2.75, 3.05) is 0 Å². The molecular formula is C9H13KN2O2. The number of hydrogen-bond donors (Lipinski definition) is 1. The van der Waals surface area contributed by atoms with Gasteiger partial charge >= 0.3 is 57.4 Å². The van der Waals surface area contributed by atoms with Crippen molar-refractivity contribution in [1.82, 2.24) is 9.78 Å². The Kier molecular flexibility index (Phi) is 3.93. The Morgan fingerprint density at radius 3 is 2.71 bits per heavy atom. The Hall–Kier alpha value is 0.316. The molecule has 1 fully saturated rings. The number of aryl methyl sites for hydroxylation is 1. The molecule has 1 aliphatic carbocycles.